The van der Waals surface area contributed by atoms with Crippen molar-refractivity contribution in [1.29, 1.82) is 0 Å². The van der Waals surface area contributed by atoms with Crippen LogP contribution in [0.25, 0.3) is 0 Å². The Labute approximate surface area is 129 Å². The molecule has 5 heteroatoms. The van der Waals surface area contributed by atoms with Gasteiger partial charge in [-0.15, -0.1) is 24.8 Å². The summed E-state index contributed by atoms with van der Waals surface area (Å²) >= 11 is 0. The zero-order chi connectivity index (χ0) is 11.7. The summed E-state index contributed by atoms with van der Waals surface area (Å²) in [5, 5.41) is 13.1. The summed E-state index contributed by atoms with van der Waals surface area (Å²) in [7, 11) is 0. The Balaban J connectivity index is 0.000000902. The lowest BCUT2D eigenvalue weighted by Crippen LogP contribution is -2.37. The third-order valence-corrected chi connectivity index (χ3v) is 5.31. The van der Waals surface area contributed by atoms with Crippen molar-refractivity contribution < 1.29 is 5.11 Å². The summed E-state index contributed by atoms with van der Waals surface area (Å²) < 4.78 is 0. The van der Waals surface area contributed by atoms with Crippen LogP contribution in [0.4, 0.5) is 0 Å². The fourth-order valence-corrected chi connectivity index (χ4v) is 4.23. The Kier molecular flexibility index (Phi) is 6.88. The van der Waals surface area contributed by atoms with Crippen LogP contribution in [0.15, 0.2) is 0 Å². The molecule has 0 spiro atoms. The molecule has 1 aliphatic carbocycles. The molecule has 0 amide bonds. The first-order chi connectivity index (χ1) is 8.32. The quantitative estimate of drug-likeness (QED) is 0.836. The van der Waals surface area contributed by atoms with E-state index in [9.17, 15) is 5.11 Å². The van der Waals surface area contributed by atoms with Crippen molar-refractivity contribution in [2.24, 2.45) is 17.3 Å². The second-order valence-corrected chi connectivity index (χ2v) is 6.55. The monoisotopic (exact) mass is 310 g/mol. The van der Waals surface area contributed by atoms with Crippen LogP contribution in [0, 0.1) is 17.3 Å². The van der Waals surface area contributed by atoms with Crippen molar-refractivity contribution >= 4 is 24.8 Å². The number of fused-ring (bicyclic) bond motifs is 1. The predicted molar refractivity (Wildman–Crippen MR) is 83.4 cm³/mol. The highest BCUT2D eigenvalue weighted by molar-refractivity contribution is 5.85. The molecule has 114 valence electrons. The normalized spacial score (nSPS) is 35.5. The van der Waals surface area contributed by atoms with Crippen molar-refractivity contribution in [3.05, 3.63) is 0 Å². The molecule has 3 fully saturated rings. The minimum absolute atomic E-state index is 0. The first-order valence-electron chi connectivity index (χ1n) is 7.36. The highest BCUT2D eigenvalue weighted by Crippen LogP contribution is 2.39. The van der Waals surface area contributed by atoms with E-state index in [-0.39, 0.29) is 30.2 Å². The number of aliphatic hydroxyl groups is 1. The number of likely N-dealkylation sites (tertiary alicyclic amines) is 1. The van der Waals surface area contributed by atoms with Gasteiger partial charge in [-0.3, -0.25) is 0 Å². The summed E-state index contributed by atoms with van der Waals surface area (Å²) in [5.74, 6) is 1.63. The zero-order valence-corrected chi connectivity index (χ0v) is 13.3. The van der Waals surface area contributed by atoms with E-state index >= 15 is 0 Å². The Morgan fingerprint density at radius 2 is 1.89 bits per heavy atom. The maximum atomic E-state index is 9.68. The van der Waals surface area contributed by atoms with Gasteiger partial charge in [-0.1, -0.05) is 19.3 Å². The molecule has 0 radical (unpaired) electrons. The van der Waals surface area contributed by atoms with Gasteiger partial charge in [-0.05, 0) is 31.2 Å². The maximum Gasteiger partial charge on any atom is 0.0515 e. The van der Waals surface area contributed by atoms with Crippen LogP contribution in [0.1, 0.15) is 32.1 Å². The number of halogens is 2. The molecule has 0 bridgehead atoms. The van der Waals surface area contributed by atoms with E-state index in [0.29, 0.717) is 12.5 Å². The number of aliphatic hydroxyl groups excluding tert-OH is 1. The average molecular weight is 311 g/mol. The van der Waals surface area contributed by atoms with E-state index in [1.54, 1.807) is 0 Å². The van der Waals surface area contributed by atoms with Crippen molar-refractivity contribution in [1.82, 2.24) is 10.2 Å². The lowest BCUT2D eigenvalue weighted by atomic mass is 9.82. The van der Waals surface area contributed by atoms with Crippen molar-refractivity contribution in [3.63, 3.8) is 0 Å². The topological polar surface area (TPSA) is 35.5 Å². The fourth-order valence-electron chi connectivity index (χ4n) is 4.23. The Bertz CT molecular complexity index is 274. The van der Waals surface area contributed by atoms with E-state index in [2.05, 4.69) is 10.2 Å². The van der Waals surface area contributed by atoms with Crippen LogP contribution in [0.3, 0.4) is 0 Å². The first kappa shape index (κ1) is 17.5. The molecule has 3 rings (SSSR count). The number of hydrogen-bond donors (Lipinski definition) is 2. The Morgan fingerprint density at radius 3 is 2.53 bits per heavy atom. The molecule has 2 unspecified atom stereocenters. The molecule has 0 aromatic rings. The molecule has 0 aromatic heterocycles. The van der Waals surface area contributed by atoms with E-state index in [0.717, 1.165) is 25.6 Å². The SMILES string of the molecule is Cl.Cl.OCC12CNCC1CN(CC1CCCCC1)C2. The van der Waals surface area contributed by atoms with Crippen molar-refractivity contribution in [2.75, 3.05) is 39.3 Å². The third kappa shape index (κ3) is 3.56. The van der Waals surface area contributed by atoms with E-state index in [1.807, 2.05) is 0 Å². The minimum Gasteiger partial charge on any atom is -0.396 e. The molecule has 19 heavy (non-hydrogen) atoms. The van der Waals surface area contributed by atoms with Gasteiger partial charge in [0, 0.05) is 31.6 Å². The average Bonchev–Trinajstić information content (AvgIpc) is 2.87. The van der Waals surface area contributed by atoms with Gasteiger partial charge in [-0.25, -0.2) is 0 Å². The summed E-state index contributed by atoms with van der Waals surface area (Å²) in [6, 6.07) is 0. The van der Waals surface area contributed by atoms with Crippen molar-refractivity contribution in [2.45, 2.75) is 32.1 Å². The van der Waals surface area contributed by atoms with Gasteiger partial charge in [0.15, 0.2) is 0 Å². The number of hydrogen-bond acceptors (Lipinski definition) is 3. The van der Waals surface area contributed by atoms with Gasteiger partial charge in [0.2, 0.25) is 0 Å². The zero-order valence-electron chi connectivity index (χ0n) is 11.6. The van der Waals surface area contributed by atoms with Gasteiger partial charge in [0.05, 0.1) is 6.61 Å². The smallest absolute Gasteiger partial charge is 0.0515 e. The summed E-state index contributed by atoms with van der Waals surface area (Å²) in [5.41, 5.74) is 0.189. The van der Waals surface area contributed by atoms with Gasteiger partial charge in [-0.2, -0.15) is 0 Å². The molecule has 2 atom stereocenters. The van der Waals surface area contributed by atoms with Gasteiger partial charge in [0.1, 0.15) is 0 Å². The number of rotatable bonds is 3. The highest BCUT2D eigenvalue weighted by atomic mass is 35.5. The second-order valence-electron chi connectivity index (χ2n) is 6.55. The van der Waals surface area contributed by atoms with E-state index in [1.165, 1.54) is 45.2 Å². The molecule has 2 heterocycles. The van der Waals surface area contributed by atoms with Crippen LogP contribution in [0.5, 0.6) is 0 Å². The highest BCUT2D eigenvalue weighted by Gasteiger charge is 2.49. The third-order valence-electron chi connectivity index (χ3n) is 5.31. The predicted octanol–water partition coefficient (Wildman–Crippen LogP) is 1.92. The Morgan fingerprint density at radius 1 is 1.16 bits per heavy atom. The molecule has 3 nitrogen and oxygen atoms in total. The van der Waals surface area contributed by atoms with Crippen LogP contribution in [-0.4, -0.2) is 49.3 Å². The summed E-state index contributed by atoms with van der Waals surface area (Å²) in [6.45, 7) is 6.13. The van der Waals surface area contributed by atoms with Crippen LogP contribution >= 0.6 is 24.8 Å². The molecule has 2 saturated heterocycles. The van der Waals surface area contributed by atoms with E-state index in [4.69, 9.17) is 0 Å². The fraction of sp³-hybridized carbons (Fsp3) is 1.00. The summed E-state index contributed by atoms with van der Waals surface area (Å²) in [4.78, 5) is 2.64. The minimum atomic E-state index is 0. The largest absolute Gasteiger partial charge is 0.396 e. The number of nitrogens with zero attached hydrogens (tertiary/aromatic N) is 1. The Hall–Kier alpha value is 0.460. The molecule has 0 aromatic carbocycles. The molecule has 3 aliphatic rings. The summed E-state index contributed by atoms with van der Waals surface area (Å²) in [6.07, 6.45) is 7.20. The van der Waals surface area contributed by atoms with Crippen LogP contribution in [-0.2, 0) is 0 Å². The molecule has 2 aliphatic heterocycles. The lowest BCUT2D eigenvalue weighted by Gasteiger charge is -2.29. The molecular formula is C14H28Cl2N2O. The standard InChI is InChI=1S/C14H26N2O.2ClH/c17-11-14-9-15-6-13(14)8-16(10-14)7-12-4-2-1-3-5-12;;/h12-13,15,17H,1-11H2;2*1H. The van der Waals surface area contributed by atoms with Gasteiger partial charge < -0.3 is 15.3 Å². The van der Waals surface area contributed by atoms with Gasteiger partial charge in [0.25, 0.3) is 0 Å². The molecule has 1 saturated carbocycles. The maximum absolute atomic E-state index is 9.68. The van der Waals surface area contributed by atoms with E-state index < -0.39 is 0 Å². The lowest BCUT2D eigenvalue weighted by molar-refractivity contribution is 0.120. The first-order valence-corrected chi connectivity index (χ1v) is 7.36. The van der Waals surface area contributed by atoms with Crippen LogP contribution in [0.2, 0.25) is 0 Å². The van der Waals surface area contributed by atoms with Crippen molar-refractivity contribution in [3.8, 4) is 0 Å². The van der Waals surface area contributed by atoms with Gasteiger partial charge >= 0.3 is 0 Å². The van der Waals surface area contributed by atoms with Crippen LogP contribution < -0.4 is 5.32 Å². The molecule has 2 N–H and O–H groups in total. The number of nitrogens with one attached hydrogen (secondary N) is 1. The second kappa shape index (κ2) is 7.46. The molecular weight excluding hydrogens is 283 g/mol.